The van der Waals surface area contributed by atoms with E-state index in [4.69, 9.17) is 4.74 Å². The highest BCUT2D eigenvalue weighted by atomic mass is 32.2. The van der Waals surface area contributed by atoms with Crippen molar-refractivity contribution in [3.63, 3.8) is 0 Å². The number of nitrogens with zero attached hydrogens (tertiary/aromatic N) is 3. The summed E-state index contributed by atoms with van der Waals surface area (Å²) >= 11 is 2.64. The molecule has 2 rings (SSSR count). The molecule has 0 amide bonds. The van der Waals surface area contributed by atoms with E-state index in [-0.39, 0.29) is 13.2 Å². The molecule has 0 atom stereocenters. The van der Waals surface area contributed by atoms with Crippen molar-refractivity contribution in [2.45, 2.75) is 24.0 Å². The summed E-state index contributed by atoms with van der Waals surface area (Å²) in [6.45, 7) is 1.87. The van der Waals surface area contributed by atoms with Crippen LogP contribution in [0, 0.1) is 0 Å². The standard InChI is InChI=1S/C13H18F3N3OS2/c1-19-5-2-3-10(9-19)11-12(18-22-17-11)21-8-7-20-6-4-13(14,15)16/h3H,2,4-9H2,1H3. The highest BCUT2D eigenvalue weighted by molar-refractivity contribution is 7.99. The minimum atomic E-state index is -4.15. The van der Waals surface area contributed by atoms with Crippen molar-refractivity contribution < 1.29 is 17.9 Å². The maximum absolute atomic E-state index is 12.0. The van der Waals surface area contributed by atoms with E-state index < -0.39 is 12.6 Å². The molecule has 0 spiro atoms. The molecule has 1 aliphatic rings. The molecule has 1 aromatic heterocycles. The lowest BCUT2D eigenvalue weighted by atomic mass is 10.1. The van der Waals surface area contributed by atoms with Gasteiger partial charge in [-0.1, -0.05) is 6.08 Å². The molecule has 0 radical (unpaired) electrons. The molecule has 0 saturated heterocycles. The first-order valence-electron chi connectivity index (χ1n) is 6.93. The Hall–Kier alpha value is -0.640. The van der Waals surface area contributed by atoms with Crippen molar-refractivity contribution in [1.29, 1.82) is 0 Å². The highest BCUT2D eigenvalue weighted by Gasteiger charge is 2.26. The van der Waals surface area contributed by atoms with E-state index in [1.165, 1.54) is 17.3 Å². The van der Waals surface area contributed by atoms with Crippen molar-refractivity contribution in [2.75, 3.05) is 39.1 Å². The van der Waals surface area contributed by atoms with Crippen LogP contribution in [0.15, 0.2) is 11.1 Å². The van der Waals surface area contributed by atoms with Gasteiger partial charge in [-0.15, -0.1) is 11.8 Å². The van der Waals surface area contributed by atoms with Gasteiger partial charge < -0.3 is 9.64 Å². The van der Waals surface area contributed by atoms with Gasteiger partial charge in [-0.25, -0.2) is 0 Å². The van der Waals surface area contributed by atoms with Gasteiger partial charge in [0, 0.05) is 18.8 Å². The Morgan fingerprint density at radius 1 is 1.36 bits per heavy atom. The van der Waals surface area contributed by atoms with Gasteiger partial charge in [0.2, 0.25) is 0 Å². The van der Waals surface area contributed by atoms with E-state index in [1.807, 2.05) is 0 Å². The Morgan fingerprint density at radius 3 is 2.91 bits per heavy atom. The number of hydrogen-bond acceptors (Lipinski definition) is 6. The summed E-state index contributed by atoms with van der Waals surface area (Å²) < 4.78 is 49.5. The van der Waals surface area contributed by atoms with Crippen LogP contribution in [0.25, 0.3) is 5.57 Å². The Balaban J connectivity index is 1.75. The molecule has 0 saturated carbocycles. The van der Waals surface area contributed by atoms with E-state index in [2.05, 4.69) is 26.8 Å². The predicted octanol–water partition coefficient (Wildman–Crippen LogP) is 3.32. The maximum atomic E-state index is 12.0. The summed E-state index contributed by atoms with van der Waals surface area (Å²) in [6.07, 6.45) is -1.88. The van der Waals surface area contributed by atoms with E-state index >= 15 is 0 Å². The van der Waals surface area contributed by atoms with E-state index in [0.717, 1.165) is 42.0 Å². The molecule has 0 N–H and O–H groups in total. The second-order valence-electron chi connectivity index (χ2n) is 5.00. The van der Waals surface area contributed by atoms with Gasteiger partial charge in [0.05, 0.1) is 31.4 Å². The summed E-state index contributed by atoms with van der Waals surface area (Å²) in [5.41, 5.74) is 2.07. The maximum Gasteiger partial charge on any atom is 0.391 e. The number of likely N-dealkylation sites (N-methyl/N-ethyl adjacent to an activating group) is 1. The Kier molecular flexibility index (Phi) is 6.66. The summed E-state index contributed by atoms with van der Waals surface area (Å²) in [7, 11) is 2.06. The second-order valence-corrected chi connectivity index (χ2v) is 6.61. The van der Waals surface area contributed by atoms with Crippen LogP contribution in [0.5, 0.6) is 0 Å². The number of halogens is 3. The molecular formula is C13H18F3N3OS2. The van der Waals surface area contributed by atoms with Crippen molar-refractivity contribution in [3.8, 4) is 0 Å². The number of hydrogen-bond donors (Lipinski definition) is 0. The number of ether oxygens (including phenoxy) is 1. The van der Waals surface area contributed by atoms with Gasteiger partial charge in [-0.05, 0) is 19.0 Å². The molecular weight excluding hydrogens is 335 g/mol. The first kappa shape index (κ1) is 17.7. The van der Waals surface area contributed by atoms with Crippen molar-refractivity contribution in [1.82, 2.24) is 13.6 Å². The van der Waals surface area contributed by atoms with Gasteiger partial charge in [-0.3, -0.25) is 0 Å². The fourth-order valence-corrected chi connectivity index (χ4v) is 3.59. The largest absolute Gasteiger partial charge is 0.391 e. The molecule has 0 aliphatic carbocycles. The molecule has 2 heterocycles. The average Bonchev–Trinajstić information content (AvgIpc) is 2.90. The Labute approximate surface area is 136 Å². The molecule has 0 fully saturated rings. The second kappa shape index (κ2) is 8.28. The third-order valence-electron chi connectivity index (χ3n) is 3.10. The highest BCUT2D eigenvalue weighted by Crippen LogP contribution is 2.28. The van der Waals surface area contributed by atoms with Crippen LogP contribution >= 0.6 is 23.5 Å². The normalized spacial score (nSPS) is 16.8. The van der Waals surface area contributed by atoms with Crippen LogP contribution in [-0.4, -0.2) is 58.9 Å². The van der Waals surface area contributed by atoms with E-state index in [1.54, 1.807) is 0 Å². The van der Waals surface area contributed by atoms with Crippen LogP contribution in [0.4, 0.5) is 13.2 Å². The Morgan fingerprint density at radius 2 is 2.18 bits per heavy atom. The zero-order valence-corrected chi connectivity index (χ0v) is 13.9. The van der Waals surface area contributed by atoms with Gasteiger partial charge >= 0.3 is 6.18 Å². The third-order valence-corrected chi connectivity index (χ3v) is 4.67. The quantitative estimate of drug-likeness (QED) is 0.555. The smallest absolute Gasteiger partial charge is 0.380 e. The van der Waals surface area contributed by atoms with Gasteiger partial charge in [0.25, 0.3) is 0 Å². The topological polar surface area (TPSA) is 38.2 Å². The van der Waals surface area contributed by atoms with Crippen LogP contribution in [0.1, 0.15) is 18.5 Å². The number of alkyl halides is 3. The van der Waals surface area contributed by atoms with Crippen molar-refractivity contribution >= 4 is 29.1 Å². The number of aromatic nitrogens is 2. The molecule has 124 valence electrons. The van der Waals surface area contributed by atoms with Gasteiger partial charge in [0.15, 0.2) is 0 Å². The summed E-state index contributed by atoms with van der Waals surface area (Å²) in [5.74, 6) is 0.569. The Bertz CT molecular complexity index is 505. The molecule has 9 heteroatoms. The minimum absolute atomic E-state index is 0.274. The van der Waals surface area contributed by atoms with Crippen LogP contribution in [-0.2, 0) is 4.74 Å². The SMILES string of the molecule is CN1CCC=C(c2nsnc2SCCOCCC(F)(F)F)C1. The molecule has 0 aromatic carbocycles. The molecule has 22 heavy (non-hydrogen) atoms. The lowest BCUT2D eigenvalue weighted by Gasteiger charge is -2.22. The molecule has 0 bridgehead atoms. The number of thioether (sulfide) groups is 1. The van der Waals surface area contributed by atoms with Crippen molar-refractivity contribution in [2.24, 2.45) is 0 Å². The van der Waals surface area contributed by atoms with Crippen LogP contribution < -0.4 is 0 Å². The molecule has 4 nitrogen and oxygen atoms in total. The predicted molar refractivity (Wildman–Crippen MR) is 82.2 cm³/mol. The molecule has 1 aromatic rings. The zero-order valence-electron chi connectivity index (χ0n) is 12.2. The lowest BCUT2D eigenvalue weighted by molar-refractivity contribution is -0.144. The van der Waals surface area contributed by atoms with Crippen molar-refractivity contribution in [3.05, 3.63) is 11.8 Å². The fraction of sp³-hybridized carbons (Fsp3) is 0.692. The summed E-state index contributed by atoms with van der Waals surface area (Å²) in [5, 5.41) is 0.839. The van der Waals surface area contributed by atoms with Gasteiger partial charge in [-0.2, -0.15) is 21.9 Å². The molecule has 1 aliphatic heterocycles. The average molecular weight is 353 g/mol. The fourth-order valence-electron chi connectivity index (χ4n) is 2.02. The van der Waals surface area contributed by atoms with E-state index in [0.29, 0.717) is 5.75 Å². The van der Waals surface area contributed by atoms with Crippen LogP contribution in [0.3, 0.4) is 0 Å². The van der Waals surface area contributed by atoms with E-state index in [9.17, 15) is 13.2 Å². The molecule has 0 unspecified atom stereocenters. The minimum Gasteiger partial charge on any atom is -0.380 e. The number of rotatable bonds is 7. The van der Waals surface area contributed by atoms with Crippen LogP contribution in [0.2, 0.25) is 0 Å². The van der Waals surface area contributed by atoms with Gasteiger partial charge in [0.1, 0.15) is 10.7 Å². The monoisotopic (exact) mass is 353 g/mol. The first-order valence-corrected chi connectivity index (χ1v) is 8.65. The first-order chi connectivity index (χ1) is 10.5. The third kappa shape index (κ3) is 5.86. The zero-order chi connectivity index (χ0) is 16.0. The lowest BCUT2D eigenvalue weighted by Crippen LogP contribution is -2.25. The summed E-state index contributed by atoms with van der Waals surface area (Å²) in [6, 6.07) is 0. The summed E-state index contributed by atoms with van der Waals surface area (Å²) in [4.78, 5) is 2.23.